The minimum Gasteiger partial charge on any atom is -0.481 e. The number of aliphatic carboxylic acids is 1. The molecule has 1 N–H and O–H groups in total. The van der Waals surface area contributed by atoms with E-state index in [1.54, 1.807) is 0 Å². The number of amides is 1. The van der Waals surface area contributed by atoms with Crippen LogP contribution in [0.15, 0.2) is 23.4 Å². The van der Waals surface area contributed by atoms with Gasteiger partial charge in [-0.3, -0.25) is 9.59 Å². The quantitative estimate of drug-likeness (QED) is 0.845. The molecule has 0 aliphatic carbocycles. The van der Waals surface area contributed by atoms with E-state index in [0.29, 0.717) is 0 Å². The third kappa shape index (κ3) is 5.08. The first-order valence-corrected chi connectivity index (χ1v) is 6.20. The molecule has 0 unspecified atom stereocenters. The SMILES string of the molecule is CN(CCC(=O)O)C(=O)c1cccnc1SC(F)(F)F. The van der Waals surface area contributed by atoms with Gasteiger partial charge in [0.25, 0.3) is 5.91 Å². The number of thioether (sulfide) groups is 1. The highest BCUT2D eigenvalue weighted by Gasteiger charge is 2.32. The van der Waals surface area contributed by atoms with Crippen molar-refractivity contribution in [3.8, 4) is 0 Å². The number of pyridine rings is 1. The second kappa shape index (κ2) is 6.60. The standard InChI is InChI=1S/C11H11F3N2O3S/c1-16(6-4-8(17)18)10(19)7-3-2-5-15-9(7)20-11(12,13)14/h2-3,5H,4,6H2,1H3,(H,17,18). The molecule has 0 aromatic carbocycles. The lowest BCUT2D eigenvalue weighted by Gasteiger charge is -2.17. The van der Waals surface area contributed by atoms with Crippen LogP contribution in [0.2, 0.25) is 0 Å². The van der Waals surface area contributed by atoms with E-state index < -0.39 is 34.2 Å². The number of alkyl halides is 3. The van der Waals surface area contributed by atoms with Gasteiger partial charge in [-0.25, -0.2) is 4.98 Å². The highest BCUT2D eigenvalue weighted by atomic mass is 32.2. The summed E-state index contributed by atoms with van der Waals surface area (Å²) in [6.45, 7) is -0.0980. The summed E-state index contributed by atoms with van der Waals surface area (Å²) in [7, 11) is 1.32. The molecule has 1 aromatic rings. The van der Waals surface area contributed by atoms with Crippen LogP contribution in [0.1, 0.15) is 16.8 Å². The number of hydrogen-bond acceptors (Lipinski definition) is 4. The van der Waals surface area contributed by atoms with E-state index in [4.69, 9.17) is 5.11 Å². The number of carboxylic acid groups (broad SMARTS) is 1. The maximum absolute atomic E-state index is 12.4. The first-order valence-electron chi connectivity index (χ1n) is 5.38. The molecule has 1 rings (SSSR count). The zero-order valence-electron chi connectivity index (χ0n) is 10.3. The summed E-state index contributed by atoms with van der Waals surface area (Å²) in [4.78, 5) is 27.0. The fourth-order valence-corrected chi connectivity index (χ4v) is 1.91. The zero-order valence-corrected chi connectivity index (χ0v) is 11.2. The average Bonchev–Trinajstić information content (AvgIpc) is 2.33. The van der Waals surface area contributed by atoms with E-state index in [1.165, 1.54) is 19.2 Å². The van der Waals surface area contributed by atoms with Crippen LogP contribution in [-0.4, -0.2) is 46.0 Å². The Hall–Kier alpha value is -1.77. The Morgan fingerprint density at radius 1 is 1.45 bits per heavy atom. The molecule has 0 saturated heterocycles. The molecular weight excluding hydrogens is 297 g/mol. The predicted octanol–water partition coefficient (Wildman–Crippen LogP) is 2.24. The molecule has 0 bridgehead atoms. The van der Waals surface area contributed by atoms with Gasteiger partial charge >= 0.3 is 11.5 Å². The van der Waals surface area contributed by atoms with Crippen LogP contribution >= 0.6 is 11.8 Å². The Morgan fingerprint density at radius 2 is 2.10 bits per heavy atom. The van der Waals surface area contributed by atoms with Gasteiger partial charge in [0.1, 0.15) is 5.03 Å². The summed E-state index contributed by atoms with van der Waals surface area (Å²) >= 11 is -0.477. The summed E-state index contributed by atoms with van der Waals surface area (Å²) in [6.07, 6.45) is 0.867. The van der Waals surface area contributed by atoms with E-state index in [9.17, 15) is 22.8 Å². The molecule has 0 aliphatic rings. The molecule has 1 amide bonds. The third-order valence-corrected chi connectivity index (χ3v) is 2.97. The maximum Gasteiger partial charge on any atom is 0.447 e. The van der Waals surface area contributed by atoms with Crippen molar-refractivity contribution in [1.29, 1.82) is 0 Å². The molecule has 0 saturated carbocycles. The molecular formula is C11H11F3N2O3S. The third-order valence-electron chi connectivity index (χ3n) is 2.22. The Balaban J connectivity index is 2.89. The number of hydrogen-bond donors (Lipinski definition) is 1. The van der Waals surface area contributed by atoms with Gasteiger partial charge in [-0.15, -0.1) is 0 Å². The normalized spacial score (nSPS) is 11.2. The second-order valence-corrected chi connectivity index (χ2v) is 4.83. The summed E-state index contributed by atoms with van der Waals surface area (Å²) in [5.74, 6) is -1.80. The highest BCUT2D eigenvalue weighted by molar-refractivity contribution is 8.00. The summed E-state index contributed by atoms with van der Waals surface area (Å²) in [6, 6.07) is 2.57. The van der Waals surface area contributed by atoms with Crippen LogP contribution in [0.5, 0.6) is 0 Å². The van der Waals surface area contributed by atoms with Crippen molar-refractivity contribution in [3.05, 3.63) is 23.9 Å². The lowest BCUT2D eigenvalue weighted by molar-refractivity contribution is -0.137. The maximum atomic E-state index is 12.4. The van der Waals surface area contributed by atoms with Crippen LogP contribution in [0.4, 0.5) is 13.2 Å². The van der Waals surface area contributed by atoms with E-state index in [0.717, 1.165) is 11.1 Å². The number of carbonyl (C=O) groups is 2. The summed E-state index contributed by atoms with van der Waals surface area (Å²) in [5, 5.41) is 8.07. The monoisotopic (exact) mass is 308 g/mol. The van der Waals surface area contributed by atoms with Crippen LogP contribution in [0.25, 0.3) is 0 Å². The number of halogens is 3. The van der Waals surface area contributed by atoms with Crippen molar-refractivity contribution < 1.29 is 27.9 Å². The van der Waals surface area contributed by atoms with Gasteiger partial charge in [0.2, 0.25) is 0 Å². The van der Waals surface area contributed by atoms with Gasteiger partial charge < -0.3 is 10.0 Å². The van der Waals surface area contributed by atoms with Gasteiger partial charge in [-0.05, 0) is 12.1 Å². The smallest absolute Gasteiger partial charge is 0.447 e. The number of nitrogens with zero attached hydrogens (tertiary/aromatic N) is 2. The first-order chi connectivity index (χ1) is 9.20. The van der Waals surface area contributed by atoms with Gasteiger partial charge in [0.15, 0.2) is 0 Å². The molecule has 1 aromatic heterocycles. The second-order valence-electron chi connectivity index (χ2n) is 3.77. The molecule has 110 valence electrons. The lowest BCUT2D eigenvalue weighted by atomic mass is 10.2. The summed E-state index contributed by atoms with van der Waals surface area (Å²) in [5.41, 5.74) is -4.76. The van der Waals surface area contributed by atoms with Crippen molar-refractivity contribution >= 4 is 23.6 Å². The highest BCUT2D eigenvalue weighted by Crippen LogP contribution is 2.37. The summed E-state index contributed by atoms with van der Waals surface area (Å²) < 4.78 is 37.1. The molecule has 0 radical (unpaired) electrons. The fourth-order valence-electron chi connectivity index (χ4n) is 1.32. The minimum atomic E-state index is -4.55. The first kappa shape index (κ1) is 16.3. The molecule has 1 heterocycles. The van der Waals surface area contributed by atoms with Gasteiger partial charge in [-0.1, -0.05) is 0 Å². The lowest BCUT2D eigenvalue weighted by Crippen LogP contribution is -2.29. The molecule has 20 heavy (non-hydrogen) atoms. The Labute approximate surface area is 116 Å². The minimum absolute atomic E-state index is 0.0980. The van der Waals surface area contributed by atoms with Crippen molar-refractivity contribution in [3.63, 3.8) is 0 Å². The van der Waals surface area contributed by atoms with E-state index in [2.05, 4.69) is 4.98 Å². The predicted molar refractivity (Wildman–Crippen MR) is 65.4 cm³/mol. The van der Waals surface area contributed by atoms with E-state index in [1.807, 2.05) is 0 Å². The largest absolute Gasteiger partial charge is 0.481 e. The van der Waals surface area contributed by atoms with Crippen molar-refractivity contribution in [2.45, 2.75) is 17.0 Å². The molecule has 0 fully saturated rings. The Kier molecular flexibility index (Phi) is 5.37. The van der Waals surface area contributed by atoms with Crippen molar-refractivity contribution in [2.24, 2.45) is 0 Å². The van der Waals surface area contributed by atoms with Crippen LogP contribution in [0.3, 0.4) is 0 Å². The van der Waals surface area contributed by atoms with Crippen LogP contribution in [0, 0.1) is 0 Å². The molecule has 0 aliphatic heterocycles. The van der Waals surface area contributed by atoms with E-state index >= 15 is 0 Å². The van der Waals surface area contributed by atoms with E-state index in [-0.39, 0.29) is 18.5 Å². The van der Waals surface area contributed by atoms with Gasteiger partial charge in [0.05, 0.1) is 12.0 Å². The van der Waals surface area contributed by atoms with Gasteiger partial charge in [-0.2, -0.15) is 13.2 Å². The Morgan fingerprint density at radius 3 is 2.65 bits per heavy atom. The molecule has 0 atom stereocenters. The molecule has 5 nitrogen and oxygen atoms in total. The van der Waals surface area contributed by atoms with Crippen molar-refractivity contribution in [2.75, 3.05) is 13.6 Å². The zero-order chi connectivity index (χ0) is 15.3. The number of carboxylic acids is 1. The molecule has 0 spiro atoms. The van der Waals surface area contributed by atoms with Crippen LogP contribution in [-0.2, 0) is 4.79 Å². The van der Waals surface area contributed by atoms with Gasteiger partial charge in [0, 0.05) is 31.6 Å². The topological polar surface area (TPSA) is 70.5 Å². The number of carbonyl (C=O) groups excluding carboxylic acids is 1. The average molecular weight is 308 g/mol. The fraction of sp³-hybridized carbons (Fsp3) is 0.364. The molecule has 9 heteroatoms. The number of rotatable bonds is 5. The number of aromatic nitrogens is 1. The Bertz CT molecular complexity index is 508. The van der Waals surface area contributed by atoms with Crippen molar-refractivity contribution in [1.82, 2.24) is 9.88 Å². The van der Waals surface area contributed by atoms with Crippen LogP contribution < -0.4 is 0 Å².